The van der Waals surface area contributed by atoms with Gasteiger partial charge in [0.1, 0.15) is 0 Å². The molecule has 2 aromatic rings. The average molecular weight is 395 g/mol. The summed E-state index contributed by atoms with van der Waals surface area (Å²) in [6, 6.07) is 8.48. The molecule has 0 unspecified atom stereocenters. The van der Waals surface area contributed by atoms with Gasteiger partial charge in [0.2, 0.25) is 5.91 Å². The molecule has 0 spiro atoms. The minimum Gasteiger partial charge on any atom is -0.318 e. The maximum Gasteiger partial charge on any atom is 0.236 e. The van der Waals surface area contributed by atoms with Crippen LogP contribution in [-0.4, -0.2) is 16.7 Å². The molecule has 0 aliphatic carbocycles. The van der Waals surface area contributed by atoms with Crippen molar-refractivity contribution in [2.24, 2.45) is 5.10 Å². The Bertz CT molecular complexity index is 717. The van der Waals surface area contributed by atoms with Crippen LogP contribution in [0.15, 0.2) is 29.4 Å². The van der Waals surface area contributed by atoms with E-state index >= 15 is 0 Å². The van der Waals surface area contributed by atoms with Gasteiger partial charge in [0.05, 0.1) is 6.21 Å². The maximum absolute atomic E-state index is 10.9. The Labute approximate surface area is 138 Å². The third-order valence-electron chi connectivity index (χ3n) is 3.30. The summed E-state index contributed by atoms with van der Waals surface area (Å²) in [4.78, 5) is 10.9. The molecule has 1 amide bonds. The second-order valence-corrected chi connectivity index (χ2v) is 6.18. The van der Waals surface area contributed by atoms with Crippen molar-refractivity contribution in [1.29, 1.82) is 0 Å². The molecule has 1 heterocycles. The number of aromatic nitrogens is 1. The molecule has 1 N–H and O–H groups in total. The molecule has 0 bridgehead atoms. The molecule has 0 radical (unpaired) electrons. The van der Waals surface area contributed by atoms with Crippen LogP contribution in [0.4, 0.5) is 0 Å². The average Bonchev–Trinajstić information content (AvgIpc) is 2.68. The fourth-order valence-corrected chi connectivity index (χ4v) is 2.61. The van der Waals surface area contributed by atoms with Gasteiger partial charge in [-0.05, 0) is 73.2 Å². The van der Waals surface area contributed by atoms with Crippen molar-refractivity contribution in [1.82, 2.24) is 9.99 Å². The van der Waals surface area contributed by atoms with Gasteiger partial charge < -0.3 is 4.57 Å². The molecule has 0 saturated heterocycles. The molecule has 21 heavy (non-hydrogen) atoms. The standard InChI is InChI=1S/C16H18IN3O/c1-10-7-15(5-6-16(10)17)20-11(2)8-14(12(20)3)9-18-19-13(4)21/h5-9H,1-4H3,(H,19,21)/b18-9-. The van der Waals surface area contributed by atoms with Crippen molar-refractivity contribution in [2.75, 3.05) is 0 Å². The number of halogens is 1. The first kappa shape index (κ1) is 15.8. The van der Waals surface area contributed by atoms with Crippen molar-refractivity contribution in [3.8, 4) is 5.69 Å². The molecule has 0 aliphatic rings. The molecule has 110 valence electrons. The normalized spacial score (nSPS) is 11.1. The number of carbonyl (C=O) groups excluding carboxylic acids is 1. The topological polar surface area (TPSA) is 46.4 Å². The van der Waals surface area contributed by atoms with Crippen LogP contribution in [-0.2, 0) is 4.79 Å². The van der Waals surface area contributed by atoms with Gasteiger partial charge in [0.25, 0.3) is 0 Å². The Morgan fingerprint density at radius 2 is 2.00 bits per heavy atom. The third kappa shape index (κ3) is 3.53. The zero-order valence-corrected chi connectivity index (χ0v) is 14.7. The smallest absolute Gasteiger partial charge is 0.236 e. The number of hydrogen-bond donors (Lipinski definition) is 1. The molecular weight excluding hydrogens is 377 g/mol. The Morgan fingerprint density at radius 1 is 1.29 bits per heavy atom. The fourth-order valence-electron chi connectivity index (χ4n) is 2.28. The number of hydrogen-bond acceptors (Lipinski definition) is 2. The van der Waals surface area contributed by atoms with Crippen molar-refractivity contribution in [3.63, 3.8) is 0 Å². The molecule has 0 fully saturated rings. The van der Waals surface area contributed by atoms with E-state index in [0.717, 1.165) is 22.6 Å². The molecule has 1 aromatic heterocycles. The highest BCUT2D eigenvalue weighted by atomic mass is 127. The van der Waals surface area contributed by atoms with E-state index in [1.807, 2.05) is 0 Å². The second kappa shape index (κ2) is 6.43. The van der Waals surface area contributed by atoms with Crippen LogP contribution in [0.2, 0.25) is 0 Å². The van der Waals surface area contributed by atoms with E-state index in [4.69, 9.17) is 0 Å². The van der Waals surface area contributed by atoms with Gasteiger partial charge >= 0.3 is 0 Å². The Balaban J connectivity index is 2.41. The van der Waals surface area contributed by atoms with E-state index in [1.54, 1.807) is 6.21 Å². The van der Waals surface area contributed by atoms with Crippen LogP contribution in [0.1, 0.15) is 29.4 Å². The first-order chi connectivity index (χ1) is 9.90. The van der Waals surface area contributed by atoms with Crippen molar-refractivity contribution in [2.45, 2.75) is 27.7 Å². The molecule has 0 aliphatic heterocycles. The molecular formula is C16H18IN3O. The molecule has 5 heteroatoms. The van der Waals surface area contributed by atoms with Crippen LogP contribution in [0.25, 0.3) is 5.69 Å². The summed E-state index contributed by atoms with van der Waals surface area (Å²) in [6.07, 6.45) is 1.68. The SMILES string of the molecule is CC(=O)N/N=C\c1cc(C)n(-c2ccc(I)c(C)c2)c1C. The Hall–Kier alpha value is -1.63. The monoisotopic (exact) mass is 395 g/mol. The summed E-state index contributed by atoms with van der Waals surface area (Å²) in [5, 5.41) is 3.94. The predicted molar refractivity (Wildman–Crippen MR) is 94.1 cm³/mol. The highest BCUT2D eigenvalue weighted by Gasteiger charge is 2.10. The number of rotatable bonds is 3. The van der Waals surface area contributed by atoms with Gasteiger partial charge in [-0.25, -0.2) is 5.43 Å². The van der Waals surface area contributed by atoms with Crippen LogP contribution < -0.4 is 5.43 Å². The first-order valence-electron chi connectivity index (χ1n) is 6.65. The van der Waals surface area contributed by atoms with E-state index in [9.17, 15) is 4.79 Å². The van der Waals surface area contributed by atoms with Crippen LogP contribution in [0.3, 0.4) is 0 Å². The van der Waals surface area contributed by atoms with Gasteiger partial charge in [-0.1, -0.05) is 0 Å². The van der Waals surface area contributed by atoms with Gasteiger partial charge in [-0.2, -0.15) is 5.10 Å². The summed E-state index contributed by atoms with van der Waals surface area (Å²) in [6.45, 7) is 7.67. The summed E-state index contributed by atoms with van der Waals surface area (Å²) < 4.78 is 3.45. The highest BCUT2D eigenvalue weighted by Crippen LogP contribution is 2.22. The number of aryl methyl sites for hydroxylation is 2. The summed E-state index contributed by atoms with van der Waals surface area (Å²) in [7, 11) is 0. The molecule has 0 atom stereocenters. The van der Waals surface area contributed by atoms with Crippen LogP contribution in [0.5, 0.6) is 0 Å². The van der Waals surface area contributed by atoms with E-state index in [1.165, 1.54) is 16.1 Å². The quantitative estimate of drug-likeness (QED) is 0.483. The number of hydrazone groups is 1. The highest BCUT2D eigenvalue weighted by molar-refractivity contribution is 14.1. The van der Waals surface area contributed by atoms with E-state index in [2.05, 4.69) is 82.7 Å². The van der Waals surface area contributed by atoms with Crippen molar-refractivity contribution < 1.29 is 4.79 Å². The number of benzene rings is 1. The third-order valence-corrected chi connectivity index (χ3v) is 4.51. The van der Waals surface area contributed by atoms with Gasteiger partial charge in [-0.15, -0.1) is 0 Å². The largest absolute Gasteiger partial charge is 0.318 e. The zero-order valence-electron chi connectivity index (χ0n) is 12.6. The lowest BCUT2D eigenvalue weighted by molar-refractivity contribution is -0.118. The summed E-state index contributed by atoms with van der Waals surface area (Å²) in [5.74, 6) is -0.173. The first-order valence-corrected chi connectivity index (χ1v) is 7.73. The molecule has 0 saturated carbocycles. The number of carbonyl (C=O) groups is 1. The lowest BCUT2D eigenvalue weighted by Gasteiger charge is -2.11. The lowest BCUT2D eigenvalue weighted by atomic mass is 10.2. The minimum atomic E-state index is -0.173. The molecule has 4 nitrogen and oxygen atoms in total. The number of nitrogens with one attached hydrogen (secondary N) is 1. The Kier molecular flexibility index (Phi) is 4.82. The van der Waals surface area contributed by atoms with E-state index in [-0.39, 0.29) is 5.91 Å². The van der Waals surface area contributed by atoms with E-state index < -0.39 is 0 Å². The molecule has 2 rings (SSSR count). The number of nitrogens with zero attached hydrogens (tertiary/aromatic N) is 2. The van der Waals surface area contributed by atoms with E-state index in [0.29, 0.717) is 0 Å². The lowest BCUT2D eigenvalue weighted by Crippen LogP contribution is -2.12. The maximum atomic E-state index is 10.9. The zero-order chi connectivity index (χ0) is 15.6. The fraction of sp³-hybridized carbons (Fsp3) is 0.250. The van der Waals surface area contributed by atoms with Gasteiger partial charge in [0.15, 0.2) is 0 Å². The van der Waals surface area contributed by atoms with Crippen molar-refractivity contribution in [3.05, 3.63) is 50.4 Å². The Morgan fingerprint density at radius 3 is 2.62 bits per heavy atom. The van der Waals surface area contributed by atoms with Gasteiger partial charge in [-0.3, -0.25) is 4.79 Å². The second-order valence-electron chi connectivity index (χ2n) is 5.02. The van der Waals surface area contributed by atoms with Crippen LogP contribution in [0, 0.1) is 24.3 Å². The summed E-state index contributed by atoms with van der Waals surface area (Å²) in [5.41, 5.74) is 8.06. The van der Waals surface area contributed by atoms with Gasteiger partial charge in [0, 0.05) is 33.1 Å². The predicted octanol–water partition coefficient (Wildman–Crippen LogP) is 3.48. The van der Waals surface area contributed by atoms with Crippen LogP contribution >= 0.6 is 22.6 Å². The van der Waals surface area contributed by atoms with Crippen molar-refractivity contribution >= 4 is 34.7 Å². The molecule has 1 aromatic carbocycles. The minimum absolute atomic E-state index is 0.173. The summed E-state index contributed by atoms with van der Waals surface area (Å²) >= 11 is 2.34. The number of amides is 1.